The number of benzene rings is 3. The highest BCUT2D eigenvalue weighted by Gasteiger charge is 2.54. The first-order valence-electron chi connectivity index (χ1n) is 13.5. The number of anilines is 2. The number of sulfone groups is 1. The summed E-state index contributed by atoms with van der Waals surface area (Å²) in [5.74, 6) is -3.65. The molecule has 4 aromatic rings. The first-order valence-corrected chi connectivity index (χ1v) is 16.1. The fourth-order valence-electron chi connectivity index (χ4n) is 5.61. The Labute approximate surface area is 252 Å². The highest BCUT2D eigenvalue weighted by molar-refractivity contribution is 7.93. The third-order valence-corrected chi connectivity index (χ3v) is 11.1. The molecule has 0 N–H and O–H groups in total. The number of carbonyl (C=O) groups is 3. The number of halogens is 1. The van der Waals surface area contributed by atoms with E-state index in [-0.39, 0.29) is 14.2 Å². The fraction of sp³-hybridized carbons (Fsp3) is 0.226. The quantitative estimate of drug-likeness (QED) is 0.149. The molecule has 0 radical (unpaired) electrons. The second-order valence-corrected chi connectivity index (χ2v) is 14.0. The molecule has 3 aromatic carbocycles. The van der Waals surface area contributed by atoms with E-state index in [0.717, 1.165) is 53.4 Å². The Morgan fingerprint density at radius 3 is 2.43 bits per heavy atom. The smallest absolute Gasteiger partial charge is 0.297 e. The molecule has 2 atom stereocenters. The number of thiazole rings is 1. The minimum absolute atomic E-state index is 0.00630. The van der Waals surface area contributed by atoms with Crippen LogP contribution in [0.15, 0.2) is 88.1 Å². The second kappa shape index (κ2) is 11.1. The summed E-state index contributed by atoms with van der Waals surface area (Å²) < 4.78 is 26.5. The summed E-state index contributed by atoms with van der Waals surface area (Å²) in [6.45, 7) is 3.53. The molecular weight excluding hydrogens is 594 g/mol. The molecule has 6 rings (SSSR count). The molecule has 2 aliphatic rings. The number of hydrogen-bond donors (Lipinski definition) is 0. The summed E-state index contributed by atoms with van der Waals surface area (Å²) in [4.78, 5) is 49.3. The molecule has 0 aliphatic carbocycles. The van der Waals surface area contributed by atoms with Gasteiger partial charge in [-0.05, 0) is 67.3 Å². The Bertz CT molecular complexity index is 1820. The number of amides is 1. The van der Waals surface area contributed by atoms with E-state index in [2.05, 4.69) is 9.88 Å². The topological polar surface area (TPSA) is 105 Å². The van der Waals surface area contributed by atoms with Gasteiger partial charge in [-0.25, -0.2) is 13.4 Å². The van der Waals surface area contributed by atoms with Crippen molar-refractivity contribution in [2.24, 2.45) is 5.92 Å². The van der Waals surface area contributed by atoms with Gasteiger partial charge in [0.2, 0.25) is 15.6 Å². The van der Waals surface area contributed by atoms with Gasteiger partial charge < -0.3 is 4.90 Å². The van der Waals surface area contributed by atoms with Gasteiger partial charge in [-0.2, -0.15) is 0 Å². The molecule has 2 aliphatic heterocycles. The van der Waals surface area contributed by atoms with Gasteiger partial charge >= 0.3 is 0 Å². The average molecular weight is 620 g/mol. The predicted molar refractivity (Wildman–Crippen MR) is 161 cm³/mol. The maximum Gasteiger partial charge on any atom is 0.297 e. The molecule has 0 saturated carbocycles. The Kier molecular flexibility index (Phi) is 7.46. The maximum atomic E-state index is 14.3. The van der Waals surface area contributed by atoms with Crippen molar-refractivity contribution in [2.45, 2.75) is 34.9 Å². The first-order chi connectivity index (χ1) is 20.2. The van der Waals surface area contributed by atoms with Gasteiger partial charge in [0.15, 0.2) is 10.9 Å². The van der Waals surface area contributed by atoms with Crippen LogP contribution in [0, 0.1) is 12.8 Å². The lowest BCUT2D eigenvalue weighted by Crippen LogP contribution is -2.31. The lowest BCUT2D eigenvalue weighted by Gasteiger charge is -2.27. The molecule has 8 nitrogen and oxygen atoms in total. The Balaban J connectivity index is 1.46. The van der Waals surface area contributed by atoms with Crippen molar-refractivity contribution in [3.8, 4) is 0 Å². The third kappa shape index (κ3) is 4.93. The summed E-state index contributed by atoms with van der Waals surface area (Å²) >= 11 is 7.10. The number of aromatic nitrogens is 1. The van der Waals surface area contributed by atoms with E-state index in [9.17, 15) is 22.8 Å². The van der Waals surface area contributed by atoms with E-state index in [1.807, 2.05) is 19.1 Å². The zero-order valence-electron chi connectivity index (χ0n) is 22.6. The molecule has 214 valence electrons. The van der Waals surface area contributed by atoms with Gasteiger partial charge in [0.05, 0.1) is 17.1 Å². The SMILES string of the molecule is Cc1ccc(C(=O)C2C(=O)C(=O)N(c3ncc(S(=O)(=O)c4ccccc4)s3)C2c2cccc(Cl)c2)c(N2CCCC2)c1. The van der Waals surface area contributed by atoms with E-state index in [1.165, 1.54) is 18.3 Å². The van der Waals surface area contributed by atoms with Gasteiger partial charge in [0, 0.05) is 29.4 Å². The summed E-state index contributed by atoms with van der Waals surface area (Å²) in [6.07, 6.45) is 3.18. The number of carbonyl (C=O) groups excluding carboxylic acids is 3. The Morgan fingerprint density at radius 2 is 1.71 bits per heavy atom. The minimum atomic E-state index is -3.92. The minimum Gasteiger partial charge on any atom is -0.371 e. The molecular formula is C31H26ClN3O5S2. The average Bonchev–Trinajstić information content (AvgIpc) is 3.74. The van der Waals surface area contributed by atoms with E-state index < -0.39 is 39.3 Å². The molecule has 42 heavy (non-hydrogen) atoms. The molecule has 11 heteroatoms. The van der Waals surface area contributed by atoms with Gasteiger partial charge in [-0.1, -0.05) is 59.3 Å². The lowest BCUT2D eigenvalue weighted by atomic mass is 9.85. The summed E-state index contributed by atoms with van der Waals surface area (Å²) in [7, 11) is -3.92. The van der Waals surface area contributed by atoms with Crippen molar-refractivity contribution >= 4 is 61.1 Å². The summed E-state index contributed by atoms with van der Waals surface area (Å²) in [5.41, 5.74) is 2.56. The molecule has 2 fully saturated rings. The molecule has 1 aromatic heterocycles. The molecule has 3 heterocycles. The van der Waals surface area contributed by atoms with Crippen LogP contribution in [0.4, 0.5) is 10.8 Å². The van der Waals surface area contributed by atoms with E-state index in [1.54, 1.807) is 48.5 Å². The van der Waals surface area contributed by atoms with Crippen LogP contribution < -0.4 is 9.80 Å². The molecule has 0 spiro atoms. The van der Waals surface area contributed by atoms with Crippen molar-refractivity contribution in [1.82, 2.24) is 4.98 Å². The van der Waals surface area contributed by atoms with Crippen LogP contribution in [0.5, 0.6) is 0 Å². The summed E-state index contributed by atoms with van der Waals surface area (Å²) in [6, 6.07) is 18.9. The summed E-state index contributed by atoms with van der Waals surface area (Å²) in [5, 5.41) is 0.372. The van der Waals surface area contributed by atoms with Gasteiger partial charge in [-0.3, -0.25) is 19.3 Å². The van der Waals surface area contributed by atoms with Crippen LogP contribution in [0.2, 0.25) is 5.02 Å². The third-order valence-electron chi connectivity index (χ3n) is 7.64. The predicted octanol–water partition coefficient (Wildman–Crippen LogP) is 5.69. The van der Waals surface area contributed by atoms with Crippen molar-refractivity contribution in [3.63, 3.8) is 0 Å². The number of ketones is 2. The normalized spacial score (nSPS) is 19.1. The molecule has 0 bridgehead atoms. The maximum absolute atomic E-state index is 14.3. The number of nitrogens with zero attached hydrogens (tertiary/aromatic N) is 3. The van der Waals surface area contributed by atoms with Crippen LogP contribution in [0.1, 0.15) is 40.4 Å². The standard InChI is InChI=1S/C31H26ClN3O5S2/c1-19-12-13-23(24(16-19)34-14-5-6-15-34)28(36)26-27(20-8-7-9-21(32)17-20)35(30(38)29(26)37)31-33-18-25(41-31)42(39,40)22-10-3-2-4-11-22/h2-4,7-13,16-18,26-27H,5-6,14-15H2,1H3. The van der Waals surface area contributed by atoms with Crippen LogP contribution in [0.25, 0.3) is 0 Å². The van der Waals surface area contributed by atoms with Crippen LogP contribution in [0.3, 0.4) is 0 Å². The van der Waals surface area contributed by atoms with Crippen LogP contribution in [-0.2, 0) is 19.4 Å². The molecule has 1 amide bonds. The van der Waals surface area contributed by atoms with Crippen molar-refractivity contribution < 1.29 is 22.8 Å². The van der Waals surface area contributed by atoms with Crippen molar-refractivity contribution in [3.05, 3.63) is 101 Å². The van der Waals surface area contributed by atoms with Gasteiger partial charge in [0.1, 0.15) is 10.1 Å². The zero-order chi connectivity index (χ0) is 29.6. The molecule has 2 saturated heterocycles. The van der Waals surface area contributed by atoms with Crippen molar-refractivity contribution in [1.29, 1.82) is 0 Å². The van der Waals surface area contributed by atoms with Gasteiger partial charge in [-0.15, -0.1) is 0 Å². The van der Waals surface area contributed by atoms with Gasteiger partial charge in [0.25, 0.3) is 5.91 Å². The monoisotopic (exact) mass is 619 g/mol. The first kappa shape index (κ1) is 28.3. The van der Waals surface area contributed by atoms with Crippen molar-refractivity contribution in [2.75, 3.05) is 22.9 Å². The highest BCUT2D eigenvalue weighted by Crippen LogP contribution is 2.45. The van der Waals surface area contributed by atoms with E-state index in [0.29, 0.717) is 16.1 Å². The fourth-order valence-corrected chi connectivity index (χ4v) is 8.38. The zero-order valence-corrected chi connectivity index (χ0v) is 25.0. The lowest BCUT2D eigenvalue weighted by molar-refractivity contribution is -0.135. The second-order valence-electron chi connectivity index (χ2n) is 10.4. The number of hydrogen-bond acceptors (Lipinski definition) is 8. The van der Waals surface area contributed by atoms with E-state index in [4.69, 9.17) is 11.6 Å². The number of rotatable bonds is 7. The Morgan fingerprint density at radius 1 is 0.976 bits per heavy atom. The largest absolute Gasteiger partial charge is 0.371 e. The van der Waals surface area contributed by atoms with E-state index >= 15 is 0 Å². The number of aryl methyl sites for hydroxylation is 1. The highest BCUT2D eigenvalue weighted by atomic mass is 35.5. The Hall–Kier alpha value is -3.86. The molecule has 2 unspecified atom stereocenters. The number of Topliss-reactive ketones (excluding diaryl/α,β-unsaturated/α-hetero) is 2. The van der Waals surface area contributed by atoms with Crippen LogP contribution >= 0.6 is 22.9 Å². The van der Waals surface area contributed by atoms with Crippen LogP contribution in [-0.4, -0.2) is 44.0 Å².